The van der Waals surface area contributed by atoms with Gasteiger partial charge in [0.15, 0.2) is 0 Å². The maximum absolute atomic E-state index is 11.5. The van der Waals surface area contributed by atoms with E-state index in [1.54, 1.807) is 0 Å². The van der Waals surface area contributed by atoms with E-state index >= 15 is 0 Å². The van der Waals surface area contributed by atoms with Gasteiger partial charge >= 0.3 is 0 Å². The first kappa shape index (κ1) is 10.7. The molecule has 0 unspecified atom stereocenters. The van der Waals surface area contributed by atoms with Gasteiger partial charge in [-0.1, -0.05) is 12.1 Å². The lowest BCUT2D eigenvalue weighted by Gasteiger charge is -2.03. The molecule has 3 heteroatoms. The van der Waals surface area contributed by atoms with Gasteiger partial charge in [-0.3, -0.25) is 4.79 Å². The minimum absolute atomic E-state index is 0.344. The largest absolute Gasteiger partial charge is 0.366 e. The minimum Gasteiger partial charge on any atom is -0.366 e. The highest BCUT2D eigenvalue weighted by atomic mass is 16.1. The number of hydrogen-bond acceptors (Lipinski definition) is 1. The summed E-state index contributed by atoms with van der Waals surface area (Å²) in [6.45, 7) is 6.87. The van der Waals surface area contributed by atoms with Gasteiger partial charge in [-0.05, 0) is 32.4 Å². The van der Waals surface area contributed by atoms with Crippen LogP contribution in [0.4, 0.5) is 0 Å². The third-order valence-electron chi connectivity index (χ3n) is 3.12. The van der Waals surface area contributed by atoms with Crippen molar-refractivity contribution in [2.75, 3.05) is 0 Å². The lowest BCUT2D eigenvalue weighted by molar-refractivity contribution is 0.100. The first-order valence-corrected chi connectivity index (χ1v) is 5.46. The summed E-state index contributed by atoms with van der Waals surface area (Å²) in [4.78, 5) is 11.5. The number of primary amides is 1. The van der Waals surface area contributed by atoms with Crippen molar-refractivity contribution in [2.45, 2.75) is 27.3 Å². The fraction of sp³-hybridized carbons (Fsp3) is 0.308. The average molecular weight is 216 g/mol. The summed E-state index contributed by atoms with van der Waals surface area (Å²) in [6.07, 6.45) is 0. The van der Waals surface area contributed by atoms with Gasteiger partial charge in [-0.25, -0.2) is 0 Å². The van der Waals surface area contributed by atoms with Crippen LogP contribution in [0, 0.1) is 13.8 Å². The predicted octanol–water partition coefficient (Wildman–Crippen LogP) is 2.38. The lowest BCUT2D eigenvalue weighted by Crippen LogP contribution is -2.12. The van der Waals surface area contributed by atoms with Crippen LogP contribution in [0.1, 0.15) is 28.5 Å². The Hall–Kier alpha value is -1.77. The Bertz CT molecular complexity index is 567. The molecule has 0 saturated heterocycles. The summed E-state index contributed by atoms with van der Waals surface area (Å²) in [6, 6.07) is 6.05. The van der Waals surface area contributed by atoms with Crippen molar-refractivity contribution < 1.29 is 4.79 Å². The SMILES string of the molecule is CCn1c(C)c(C(N)=O)c2c(C)cccc21. The minimum atomic E-state index is -0.344. The molecular formula is C13H16N2O. The van der Waals surface area contributed by atoms with E-state index in [0.717, 1.165) is 28.7 Å². The molecule has 16 heavy (non-hydrogen) atoms. The molecule has 2 N–H and O–H groups in total. The summed E-state index contributed by atoms with van der Waals surface area (Å²) in [5.41, 5.74) is 9.28. The molecule has 84 valence electrons. The van der Waals surface area contributed by atoms with Gasteiger partial charge in [-0.15, -0.1) is 0 Å². The normalized spacial score (nSPS) is 10.9. The van der Waals surface area contributed by atoms with E-state index in [-0.39, 0.29) is 5.91 Å². The summed E-state index contributed by atoms with van der Waals surface area (Å²) < 4.78 is 2.13. The number of amides is 1. The molecule has 0 spiro atoms. The van der Waals surface area contributed by atoms with Gasteiger partial charge in [0, 0.05) is 23.1 Å². The fourth-order valence-electron chi connectivity index (χ4n) is 2.41. The number of aromatic nitrogens is 1. The van der Waals surface area contributed by atoms with E-state index in [4.69, 9.17) is 5.73 Å². The van der Waals surface area contributed by atoms with E-state index in [0.29, 0.717) is 5.56 Å². The Morgan fingerprint density at radius 3 is 2.62 bits per heavy atom. The second kappa shape index (κ2) is 3.67. The first-order chi connectivity index (χ1) is 7.57. The number of nitrogens with two attached hydrogens (primary N) is 1. The Labute approximate surface area is 94.9 Å². The van der Waals surface area contributed by atoms with Crippen LogP contribution in [-0.4, -0.2) is 10.5 Å². The van der Waals surface area contributed by atoms with Crippen molar-refractivity contribution in [3.63, 3.8) is 0 Å². The van der Waals surface area contributed by atoms with Gasteiger partial charge in [0.25, 0.3) is 5.91 Å². The lowest BCUT2D eigenvalue weighted by atomic mass is 10.1. The maximum Gasteiger partial charge on any atom is 0.251 e. The van der Waals surface area contributed by atoms with Crippen LogP contribution >= 0.6 is 0 Å². The second-order valence-electron chi connectivity index (χ2n) is 4.04. The molecular weight excluding hydrogens is 200 g/mol. The summed E-state index contributed by atoms with van der Waals surface area (Å²) >= 11 is 0. The molecule has 3 nitrogen and oxygen atoms in total. The zero-order chi connectivity index (χ0) is 11.9. The molecule has 0 bridgehead atoms. The molecule has 0 aliphatic heterocycles. The van der Waals surface area contributed by atoms with E-state index in [9.17, 15) is 4.79 Å². The molecule has 2 rings (SSSR count). The molecule has 0 saturated carbocycles. The summed E-state index contributed by atoms with van der Waals surface area (Å²) in [5.74, 6) is -0.344. The molecule has 0 fully saturated rings. The highest BCUT2D eigenvalue weighted by Gasteiger charge is 2.18. The topological polar surface area (TPSA) is 48.0 Å². The number of carbonyl (C=O) groups excluding carboxylic acids is 1. The molecule has 1 aromatic heterocycles. The molecule has 1 amide bonds. The number of carbonyl (C=O) groups is 1. The summed E-state index contributed by atoms with van der Waals surface area (Å²) in [7, 11) is 0. The molecule has 1 heterocycles. The zero-order valence-electron chi connectivity index (χ0n) is 9.87. The maximum atomic E-state index is 11.5. The van der Waals surface area contributed by atoms with Crippen molar-refractivity contribution in [2.24, 2.45) is 5.73 Å². The molecule has 1 aromatic carbocycles. The van der Waals surface area contributed by atoms with E-state index in [2.05, 4.69) is 11.5 Å². The number of benzene rings is 1. The molecule has 2 aromatic rings. The zero-order valence-corrected chi connectivity index (χ0v) is 9.87. The van der Waals surface area contributed by atoms with Crippen molar-refractivity contribution in [1.29, 1.82) is 0 Å². The van der Waals surface area contributed by atoms with Crippen LogP contribution < -0.4 is 5.73 Å². The smallest absolute Gasteiger partial charge is 0.251 e. The number of fused-ring (bicyclic) bond motifs is 1. The van der Waals surface area contributed by atoms with Gasteiger partial charge in [0.05, 0.1) is 5.56 Å². The monoisotopic (exact) mass is 216 g/mol. The Balaban J connectivity index is 2.98. The molecule has 0 aliphatic carbocycles. The predicted molar refractivity (Wildman–Crippen MR) is 65.6 cm³/mol. The average Bonchev–Trinajstić information content (AvgIpc) is 2.51. The number of nitrogens with zero attached hydrogens (tertiary/aromatic N) is 1. The van der Waals surface area contributed by atoms with E-state index < -0.39 is 0 Å². The van der Waals surface area contributed by atoms with E-state index in [1.165, 1.54) is 0 Å². The Morgan fingerprint density at radius 2 is 2.06 bits per heavy atom. The molecule has 0 atom stereocenters. The first-order valence-electron chi connectivity index (χ1n) is 5.46. The van der Waals surface area contributed by atoms with Gasteiger partial charge in [-0.2, -0.15) is 0 Å². The van der Waals surface area contributed by atoms with Crippen LogP contribution in [0.5, 0.6) is 0 Å². The van der Waals surface area contributed by atoms with Crippen molar-refractivity contribution >= 4 is 16.8 Å². The highest BCUT2D eigenvalue weighted by Crippen LogP contribution is 2.28. The number of aryl methyl sites for hydroxylation is 2. The van der Waals surface area contributed by atoms with Crippen LogP contribution in [0.3, 0.4) is 0 Å². The summed E-state index contributed by atoms with van der Waals surface area (Å²) in [5, 5.41) is 0.995. The quantitative estimate of drug-likeness (QED) is 0.823. The van der Waals surface area contributed by atoms with E-state index in [1.807, 2.05) is 32.0 Å². The standard InChI is InChI=1S/C13H16N2O/c1-4-15-9(3)12(13(14)16)11-8(2)6-5-7-10(11)15/h5-7H,4H2,1-3H3,(H2,14,16). The fourth-order valence-corrected chi connectivity index (χ4v) is 2.41. The van der Waals surface area contributed by atoms with Gasteiger partial charge in [0.1, 0.15) is 0 Å². The van der Waals surface area contributed by atoms with Crippen molar-refractivity contribution in [3.05, 3.63) is 35.0 Å². The van der Waals surface area contributed by atoms with Crippen LogP contribution in [-0.2, 0) is 6.54 Å². The van der Waals surface area contributed by atoms with Crippen molar-refractivity contribution in [1.82, 2.24) is 4.57 Å². The van der Waals surface area contributed by atoms with Crippen molar-refractivity contribution in [3.8, 4) is 0 Å². The molecule has 0 radical (unpaired) electrons. The van der Waals surface area contributed by atoms with Gasteiger partial charge in [0.2, 0.25) is 0 Å². The third-order valence-corrected chi connectivity index (χ3v) is 3.12. The molecule has 0 aliphatic rings. The number of rotatable bonds is 2. The Kier molecular flexibility index (Phi) is 2.46. The van der Waals surface area contributed by atoms with Gasteiger partial charge < -0.3 is 10.3 Å². The number of hydrogen-bond donors (Lipinski definition) is 1. The van der Waals surface area contributed by atoms with Crippen LogP contribution in [0.2, 0.25) is 0 Å². The van der Waals surface area contributed by atoms with Crippen LogP contribution in [0.15, 0.2) is 18.2 Å². The van der Waals surface area contributed by atoms with Crippen LogP contribution in [0.25, 0.3) is 10.9 Å². The highest BCUT2D eigenvalue weighted by molar-refractivity contribution is 6.08. The third kappa shape index (κ3) is 1.32. The Morgan fingerprint density at radius 1 is 1.38 bits per heavy atom. The second-order valence-corrected chi connectivity index (χ2v) is 4.04.